The van der Waals surface area contributed by atoms with E-state index in [1.165, 1.54) is 133 Å². The molecule has 0 aliphatic heterocycles. The Bertz CT molecular complexity index is 971. The van der Waals surface area contributed by atoms with Gasteiger partial charge < -0.3 is 4.55 Å². The van der Waals surface area contributed by atoms with Gasteiger partial charge in [0, 0.05) is 0 Å². The predicted molar refractivity (Wildman–Crippen MR) is 154 cm³/mol. The molecule has 0 fully saturated rings. The molecule has 0 saturated carbocycles. The monoisotopic (exact) mass is 538 g/mol. The van der Waals surface area contributed by atoms with E-state index < -0.39 is 10.1 Å². The van der Waals surface area contributed by atoms with E-state index in [1.807, 2.05) is 0 Å². The van der Waals surface area contributed by atoms with Crippen LogP contribution in [0.25, 0.3) is 10.8 Å². The molecule has 2 aromatic rings. The summed E-state index contributed by atoms with van der Waals surface area (Å²) in [5.41, 5.74) is 2.74. The van der Waals surface area contributed by atoms with Crippen molar-refractivity contribution in [3.05, 3.63) is 41.5 Å². The maximum absolute atomic E-state index is 11.5. The second kappa shape index (κ2) is 20.5. The van der Waals surface area contributed by atoms with Gasteiger partial charge in [0.2, 0.25) is 0 Å². The molecular weight excluding hydrogens is 487 g/mol. The number of hydrogen-bond donors (Lipinski definition) is 0. The van der Waals surface area contributed by atoms with Crippen molar-refractivity contribution < 1.29 is 42.5 Å². The Hall–Kier alpha value is -0.390. The number of rotatable bonds is 21. The zero-order valence-corrected chi connectivity index (χ0v) is 27.0. The van der Waals surface area contributed by atoms with E-state index in [0.717, 1.165) is 23.6 Å². The molecule has 0 atom stereocenters. The number of aryl methyl sites for hydroxylation is 2. The third-order valence-corrected chi connectivity index (χ3v) is 8.35. The Labute approximate surface area is 250 Å². The number of unbranched alkanes of at least 4 members (excludes halogenated alkanes) is 16. The summed E-state index contributed by atoms with van der Waals surface area (Å²) in [6.07, 6.45) is 25.9. The molecule has 0 aliphatic carbocycles. The molecule has 0 N–H and O–H groups in total. The van der Waals surface area contributed by atoms with Crippen molar-refractivity contribution in [3.8, 4) is 0 Å². The molecule has 2 rings (SSSR count). The van der Waals surface area contributed by atoms with E-state index in [0.29, 0.717) is 0 Å². The van der Waals surface area contributed by atoms with Crippen molar-refractivity contribution >= 4 is 20.9 Å². The zero-order chi connectivity index (χ0) is 26.1. The Morgan fingerprint density at radius 3 is 1.32 bits per heavy atom. The summed E-state index contributed by atoms with van der Waals surface area (Å²) < 4.78 is 34.6. The van der Waals surface area contributed by atoms with Crippen LogP contribution in [0.2, 0.25) is 0 Å². The second-order valence-electron chi connectivity index (χ2n) is 10.7. The van der Waals surface area contributed by atoms with Gasteiger partial charge in [-0.05, 0) is 59.7 Å². The van der Waals surface area contributed by atoms with Crippen LogP contribution in [0.5, 0.6) is 0 Å². The van der Waals surface area contributed by atoms with Gasteiger partial charge >= 0.3 is 29.6 Å². The molecule has 2 aromatic carbocycles. The first kappa shape index (κ1) is 34.6. The SMILES string of the molecule is CCCCCCCCCCCc1cc2ccc(S(=O)(=O)[O-])cc2cc1CCCCCCCCCCC.[Na+]. The summed E-state index contributed by atoms with van der Waals surface area (Å²) in [4.78, 5) is -0.129. The Balaban J connectivity index is 0.00000684. The zero-order valence-electron chi connectivity index (χ0n) is 24.2. The van der Waals surface area contributed by atoms with Crippen molar-refractivity contribution in [2.75, 3.05) is 0 Å². The fraction of sp³-hybridized carbons (Fsp3) is 0.688. The van der Waals surface area contributed by atoms with Crippen molar-refractivity contribution in [1.29, 1.82) is 0 Å². The smallest absolute Gasteiger partial charge is 0.744 e. The van der Waals surface area contributed by atoms with E-state index >= 15 is 0 Å². The van der Waals surface area contributed by atoms with Crippen molar-refractivity contribution in [2.24, 2.45) is 0 Å². The molecule has 0 radical (unpaired) electrons. The van der Waals surface area contributed by atoms with Crippen molar-refractivity contribution in [1.82, 2.24) is 0 Å². The summed E-state index contributed by atoms with van der Waals surface area (Å²) in [7, 11) is -4.43. The summed E-state index contributed by atoms with van der Waals surface area (Å²) >= 11 is 0. The fourth-order valence-corrected chi connectivity index (χ4v) is 5.75. The van der Waals surface area contributed by atoms with Gasteiger partial charge in [-0.1, -0.05) is 135 Å². The molecule has 5 heteroatoms. The van der Waals surface area contributed by atoms with Gasteiger partial charge in [-0.15, -0.1) is 0 Å². The molecule has 0 unspecified atom stereocenters. The van der Waals surface area contributed by atoms with Gasteiger partial charge in [-0.2, -0.15) is 0 Å². The molecule has 0 saturated heterocycles. The van der Waals surface area contributed by atoms with E-state index in [9.17, 15) is 13.0 Å². The maximum atomic E-state index is 11.5. The van der Waals surface area contributed by atoms with Gasteiger partial charge in [0.25, 0.3) is 0 Å². The molecule has 0 bridgehead atoms. The van der Waals surface area contributed by atoms with Crippen LogP contribution in [0.1, 0.15) is 141 Å². The van der Waals surface area contributed by atoms with Crippen LogP contribution in [0.3, 0.4) is 0 Å². The first-order chi connectivity index (χ1) is 17.5. The van der Waals surface area contributed by atoms with Crippen LogP contribution in [-0.4, -0.2) is 13.0 Å². The summed E-state index contributed by atoms with van der Waals surface area (Å²) in [5, 5.41) is 1.90. The van der Waals surface area contributed by atoms with E-state index in [-0.39, 0.29) is 34.5 Å². The normalized spacial score (nSPS) is 11.6. The maximum Gasteiger partial charge on any atom is 1.00 e. The average molecular weight is 539 g/mol. The minimum atomic E-state index is -4.43. The van der Waals surface area contributed by atoms with Crippen LogP contribution < -0.4 is 29.6 Å². The molecular formula is C32H51NaO3S. The number of hydrogen-bond acceptors (Lipinski definition) is 3. The first-order valence-electron chi connectivity index (χ1n) is 15.0. The first-order valence-corrected chi connectivity index (χ1v) is 16.4. The van der Waals surface area contributed by atoms with Crippen LogP contribution in [0.4, 0.5) is 0 Å². The Morgan fingerprint density at radius 2 is 0.919 bits per heavy atom. The third-order valence-electron chi connectivity index (χ3n) is 7.52. The average Bonchev–Trinajstić information content (AvgIpc) is 2.85. The van der Waals surface area contributed by atoms with Gasteiger partial charge in [-0.25, -0.2) is 8.42 Å². The van der Waals surface area contributed by atoms with E-state index in [1.54, 1.807) is 12.1 Å². The van der Waals surface area contributed by atoms with E-state index in [4.69, 9.17) is 0 Å². The van der Waals surface area contributed by atoms with Crippen molar-refractivity contribution in [3.63, 3.8) is 0 Å². The number of benzene rings is 2. The standard InChI is InChI=1S/C32H52O3S.Na/c1-3-5-7-9-11-13-15-17-19-21-28-25-30-23-24-32(36(33,34)35)27-31(30)26-29(28)22-20-18-16-14-12-10-8-6-4-2;/h23-27H,3-22H2,1-2H3,(H,33,34,35);/q;+1/p-1. The van der Waals surface area contributed by atoms with Gasteiger partial charge in [0.1, 0.15) is 10.1 Å². The van der Waals surface area contributed by atoms with E-state index in [2.05, 4.69) is 26.0 Å². The molecule has 204 valence electrons. The Kier molecular flexibility index (Phi) is 19.2. The summed E-state index contributed by atoms with van der Waals surface area (Å²) in [6.45, 7) is 4.53. The van der Waals surface area contributed by atoms with Crippen LogP contribution in [-0.2, 0) is 23.0 Å². The minimum Gasteiger partial charge on any atom is -0.744 e. The molecule has 3 nitrogen and oxygen atoms in total. The van der Waals surface area contributed by atoms with Crippen LogP contribution in [0, 0.1) is 0 Å². The van der Waals surface area contributed by atoms with Gasteiger partial charge in [0.15, 0.2) is 0 Å². The van der Waals surface area contributed by atoms with Crippen LogP contribution >= 0.6 is 0 Å². The van der Waals surface area contributed by atoms with Gasteiger partial charge in [0.05, 0.1) is 4.90 Å². The quantitative estimate of drug-likeness (QED) is 0.0987. The molecule has 0 aromatic heterocycles. The van der Waals surface area contributed by atoms with Crippen molar-refractivity contribution in [2.45, 2.75) is 147 Å². The Morgan fingerprint density at radius 1 is 0.541 bits per heavy atom. The second-order valence-corrected chi connectivity index (χ2v) is 12.1. The molecule has 37 heavy (non-hydrogen) atoms. The molecule has 0 spiro atoms. The minimum absolute atomic E-state index is 0. The largest absolute Gasteiger partial charge is 1.00 e. The summed E-state index contributed by atoms with van der Waals surface area (Å²) in [5.74, 6) is 0. The third kappa shape index (κ3) is 14.5. The fourth-order valence-electron chi connectivity index (χ4n) is 5.24. The van der Waals surface area contributed by atoms with Gasteiger partial charge in [-0.3, -0.25) is 0 Å². The molecule has 0 heterocycles. The summed E-state index contributed by atoms with van der Waals surface area (Å²) in [6, 6.07) is 9.19. The molecule has 0 aliphatic rings. The topological polar surface area (TPSA) is 57.2 Å². The molecule has 0 amide bonds. The predicted octanol–water partition coefficient (Wildman–Crippen LogP) is 6.89. The number of fused-ring (bicyclic) bond motifs is 1. The van der Waals surface area contributed by atoms with Crippen LogP contribution in [0.15, 0.2) is 35.2 Å².